The number of carbonyl (C=O) groups excluding carboxylic acids is 2. The summed E-state index contributed by atoms with van der Waals surface area (Å²) in [7, 11) is 0. The van der Waals surface area contributed by atoms with Crippen molar-refractivity contribution >= 4 is 11.8 Å². The Morgan fingerprint density at radius 3 is 2.37 bits per heavy atom. The number of hydrogen-bond acceptors (Lipinski definition) is 6. The molecule has 0 aliphatic rings. The molecule has 0 aromatic heterocycles. The minimum Gasteiger partial charge on any atom is -0.508 e. The highest BCUT2D eigenvalue weighted by Gasteiger charge is 2.14. The van der Waals surface area contributed by atoms with Gasteiger partial charge in [0, 0.05) is 24.8 Å². The van der Waals surface area contributed by atoms with Crippen LogP contribution in [0.5, 0.6) is 11.5 Å². The van der Waals surface area contributed by atoms with E-state index in [9.17, 15) is 24.9 Å². The number of ether oxygens (including phenoxy) is 1. The van der Waals surface area contributed by atoms with Crippen molar-refractivity contribution in [3.63, 3.8) is 0 Å². The normalized spacial score (nSPS) is 14.7. The van der Waals surface area contributed by atoms with Gasteiger partial charge in [-0.05, 0) is 90.2 Å². The summed E-state index contributed by atoms with van der Waals surface area (Å²) in [6, 6.07) is 3.06. The summed E-state index contributed by atoms with van der Waals surface area (Å²) >= 11 is 0. The van der Waals surface area contributed by atoms with Crippen LogP contribution in [0.15, 0.2) is 47.6 Å². The zero-order chi connectivity index (χ0) is 26.8. The molecule has 1 aromatic rings. The van der Waals surface area contributed by atoms with Crippen LogP contribution in [0.25, 0.3) is 0 Å². The van der Waals surface area contributed by atoms with Crippen LogP contribution in [0.3, 0.4) is 0 Å². The summed E-state index contributed by atoms with van der Waals surface area (Å²) in [5.74, 6) is -0.205. The van der Waals surface area contributed by atoms with Crippen molar-refractivity contribution in [1.29, 1.82) is 0 Å². The SMILES string of the molecule is CC(=O)O[C@H](C=C(C)CCC[C@H](C)C(=O)C=CC(C)(C)O)CC(C)=CCc1cc(O)cc(C)c1O. The molecule has 1 aromatic carbocycles. The van der Waals surface area contributed by atoms with Crippen LogP contribution < -0.4 is 0 Å². The molecule has 35 heavy (non-hydrogen) atoms. The van der Waals surface area contributed by atoms with Crippen molar-refractivity contribution in [1.82, 2.24) is 0 Å². The first kappa shape index (κ1) is 30.2. The molecule has 0 aliphatic heterocycles. The van der Waals surface area contributed by atoms with E-state index < -0.39 is 11.7 Å². The van der Waals surface area contributed by atoms with E-state index >= 15 is 0 Å². The summed E-state index contributed by atoms with van der Waals surface area (Å²) in [5, 5.41) is 29.7. The summed E-state index contributed by atoms with van der Waals surface area (Å²) in [6.07, 6.45) is 9.78. The summed E-state index contributed by atoms with van der Waals surface area (Å²) in [4.78, 5) is 23.8. The van der Waals surface area contributed by atoms with Gasteiger partial charge in [0.05, 0.1) is 5.60 Å². The van der Waals surface area contributed by atoms with Gasteiger partial charge in [-0.25, -0.2) is 0 Å². The van der Waals surface area contributed by atoms with Gasteiger partial charge < -0.3 is 20.1 Å². The molecule has 0 radical (unpaired) electrons. The van der Waals surface area contributed by atoms with Crippen molar-refractivity contribution in [2.45, 2.75) is 92.3 Å². The quantitative estimate of drug-likeness (QED) is 0.139. The average molecular weight is 487 g/mol. The molecule has 0 saturated heterocycles. The van der Waals surface area contributed by atoms with Gasteiger partial charge in [-0.3, -0.25) is 9.59 Å². The Bertz CT molecular complexity index is 962. The fourth-order valence-electron chi connectivity index (χ4n) is 3.70. The minimum absolute atomic E-state index is 0.000254. The molecule has 0 unspecified atom stereocenters. The second-order valence-corrected chi connectivity index (χ2v) is 10.1. The van der Waals surface area contributed by atoms with Crippen molar-refractivity contribution in [2.75, 3.05) is 0 Å². The van der Waals surface area contributed by atoms with Crippen LogP contribution in [0.2, 0.25) is 0 Å². The molecular weight excluding hydrogens is 444 g/mol. The first-order valence-electron chi connectivity index (χ1n) is 12.1. The van der Waals surface area contributed by atoms with E-state index in [2.05, 4.69) is 0 Å². The number of rotatable bonds is 13. The van der Waals surface area contributed by atoms with Crippen LogP contribution in [-0.4, -0.2) is 38.8 Å². The molecule has 6 nitrogen and oxygen atoms in total. The molecule has 6 heteroatoms. The van der Waals surface area contributed by atoms with E-state index in [1.807, 2.05) is 32.9 Å². The zero-order valence-electron chi connectivity index (χ0n) is 22.2. The maximum atomic E-state index is 12.2. The Balaban J connectivity index is 2.73. The van der Waals surface area contributed by atoms with E-state index in [0.717, 1.165) is 30.4 Å². The molecule has 0 fully saturated rings. The van der Waals surface area contributed by atoms with E-state index in [0.29, 0.717) is 24.0 Å². The largest absolute Gasteiger partial charge is 0.508 e. The van der Waals surface area contributed by atoms with Crippen molar-refractivity contribution < 1.29 is 29.6 Å². The Hall–Kier alpha value is -2.86. The first-order valence-corrected chi connectivity index (χ1v) is 12.1. The van der Waals surface area contributed by atoms with Gasteiger partial charge in [-0.1, -0.05) is 30.2 Å². The van der Waals surface area contributed by atoms with Crippen LogP contribution in [0.1, 0.15) is 78.4 Å². The maximum absolute atomic E-state index is 12.2. The summed E-state index contributed by atoms with van der Waals surface area (Å²) in [6.45, 7) is 12.2. The van der Waals surface area contributed by atoms with Crippen LogP contribution in [0, 0.1) is 12.8 Å². The third kappa shape index (κ3) is 12.4. The molecule has 0 heterocycles. The van der Waals surface area contributed by atoms with Gasteiger partial charge in [0.25, 0.3) is 0 Å². The van der Waals surface area contributed by atoms with Crippen molar-refractivity contribution in [3.8, 4) is 11.5 Å². The number of hydrogen-bond donors (Lipinski definition) is 3. The fraction of sp³-hybridized carbons (Fsp3) is 0.517. The molecule has 0 bridgehead atoms. The Morgan fingerprint density at radius 2 is 1.77 bits per heavy atom. The maximum Gasteiger partial charge on any atom is 0.303 e. The number of esters is 1. The molecular formula is C29H42O6. The van der Waals surface area contributed by atoms with Crippen LogP contribution >= 0.6 is 0 Å². The Morgan fingerprint density at radius 1 is 1.11 bits per heavy atom. The predicted molar refractivity (Wildman–Crippen MR) is 139 cm³/mol. The molecule has 0 spiro atoms. The van der Waals surface area contributed by atoms with Gasteiger partial charge in [-0.2, -0.15) is 0 Å². The van der Waals surface area contributed by atoms with Crippen LogP contribution in [-0.2, 0) is 20.7 Å². The third-order valence-corrected chi connectivity index (χ3v) is 5.69. The monoisotopic (exact) mass is 486 g/mol. The number of aromatic hydroxyl groups is 2. The van der Waals surface area contributed by atoms with E-state index in [4.69, 9.17) is 4.74 Å². The second-order valence-electron chi connectivity index (χ2n) is 10.1. The molecule has 0 amide bonds. The molecule has 194 valence electrons. The lowest BCUT2D eigenvalue weighted by Crippen LogP contribution is -2.16. The molecule has 0 saturated carbocycles. The Labute approximate surface area is 210 Å². The minimum atomic E-state index is -1.00. The van der Waals surface area contributed by atoms with Gasteiger partial charge in [0.2, 0.25) is 0 Å². The van der Waals surface area contributed by atoms with E-state index in [-0.39, 0.29) is 29.2 Å². The van der Waals surface area contributed by atoms with Gasteiger partial charge in [-0.15, -0.1) is 0 Å². The number of aryl methyl sites for hydroxylation is 1. The summed E-state index contributed by atoms with van der Waals surface area (Å²) in [5.41, 5.74) is 2.33. The Kier molecular flexibility index (Phi) is 12.0. The number of ketones is 1. The lowest BCUT2D eigenvalue weighted by atomic mass is 9.95. The topological polar surface area (TPSA) is 104 Å². The number of phenols is 2. The first-order chi connectivity index (χ1) is 16.2. The lowest BCUT2D eigenvalue weighted by Gasteiger charge is -2.16. The summed E-state index contributed by atoms with van der Waals surface area (Å²) < 4.78 is 5.50. The van der Waals surface area contributed by atoms with Crippen LogP contribution in [0.4, 0.5) is 0 Å². The highest BCUT2D eigenvalue weighted by molar-refractivity contribution is 5.91. The second kappa shape index (κ2) is 13.9. The number of carbonyl (C=O) groups is 2. The van der Waals surface area contributed by atoms with Gasteiger partial charge >= 0.3 is 5.97 Å². The van der Waals surface area contributed by atoms with Crippen molar-refractivity contribution in [3.05, 3.63) is 58.7 Å². The lowest BCUT2D eigenvalue weighted by molar-refractivity contribution is -0.144. The molecule has 1 rings (SSSR count). The highest BCUT2D eigenvalue weighted by atomic mass is 16.5. The van der Waals surface area contributed by atoms with Gasteiger partial charge in [0.15, 0.2) is 5.78 Å². The number of aliphatic hydroxyl groups is 1. The standard InChI is InChI=1S/C29H42O6/c1-19(9-8-10-21(3)27(32)13-14-29(6,7)34)15-26(35-23(5)30)16-20(2)11-12-24-18-25(31)17-22(4)28(24)33/h11,13-15,17-18,21,26,31,33-34H,8-10,12,16H2,1-7H3/t21-,26+/m0/s1. The zero-order valence-corrected chi connectivity index (χ0v) is 22.2. The van der Waals surface area contributed by atoms with Crippen molar-refractivity contribution in [2.24, 2.45) is 5.92 Å². The number of allylic oxidation sites excluding steroid dienone is 3. The smallest absolute Gasteiger partial charge is 0.303 e. The van der Waals surface area contributed by atoms with E-state index in [1.165, 1.54) is 25.1 Å². The highest BCUT2D eigenvalue weighted by Crippen LogP contribution is 2.28. The molecule has 0 aliphatic carbocycles. The molecule has 3 N–H and O–H groups in total. The number of phenolic OH excluding ortho intramolecular Hbond substituents is 2. The van der Waals surface area contributed by atoms with Gasteiger partial charge in [0.1, 0.15) is 17.6 Å². The average Bonchev–Trinajstić information content (AvgIpc) is 2.72. The third-order valence-electron chi connectivity index (χ3n) is 5.69. The molecule has 2 atom stereocenters. The predicted octanol–water partition coefficient (Wildman–Crippen LogP) is 5.87. The van der Waals surface area contributed by atoms with E-state index in [1.54, 1.807) is 26.8 Å². The number of benzene rings is 1. The fourth-order valence-corrected chi connectivity index (χ4v) is 3.70.